The molecule has 1 heterocycles. The van der Waals surface area contributed by atoms with Gasteiger partial charge in [0.1, 0.15) is 0 Å². The minimum absolute atomic E-state index is 0.933. The van der Waals surface area contributed by atoms with Crippen LogP contribution in [0.1, 0.15) is 6.42 Å². The third-order valence-electron chi connectivity index (χ3n) is 3.05. The van der Waals surface area contributed by atoms with Crippen molar-refractivity contribution < 1.29 is 0 Å². The number of nitrogens with zero attached hydrogens (tertiary/aromatic N) is 1. The fraction of sp³-hybridized carbons (Fsp3) is 0.188. The number of hydrogen-bond donors (Lipinski definition) is 1. The number of para-hydroxylation sites is 1. The van der Waals surface area contributed by atoms with Crippen LogP contribution in [0.5, 0.6) is 0 Å². The average molecular weight is 268 g/mol. The van der Waals surface area contributed by atoms with Gasteiger partial charge in [0.2, 0.25) is 0 Å². The highest BCUT2D eigenvalue weighted by Crippen LogP contribution is 2.28. The number of benzene rings is 2. The van der Waals surface area contributed by atoms with Gasteiger partial charge in [-0.1, -0.05) is 60.3 Å². The Bertz CT molecular complexity index is 578. The Morgan fingerprint density at radius 2 is 1.74 bits per heavy atom. The van der Waals surface area contributed by atoms with Crippen molar-refractivity contribution >= 4 is 22.6 Å². The van der Waals surface area contributed by atoms with Gasteiger partial charge < -0.3 is 5.32 Å². The van der Waals surface area contributed by atoms with Crippen LogP contribution in [-0.4, -0.2) is 17.5 Å². The third kappa shape index (κ3) is 2.99. The molecule has 0 unspecified atom stereocenters. The van der Waals surface area contributed by atoms with Crippen molar-refractivity contribution in [1.82, 2.24) is 0 Å². The van der Waals surface area contributed by atoms with Crippen LogP contribution in [-0.2, 0) is 0 Å². The lowest BCUT2D eigenvalue weighted by atomic mass is 10.0. The fourth-order valence-corrected chi connectivity index (χ4v) is 2.94. The Kier molecular flexibility index (Phi) is 3.84. The smallest absolute Gasteiger partial charge is 0.161 e. The van der Waals surface area contributed by atoms with Crippen molar-refractivity contribution in [3.63, 3.8) is 0 Å². The van der Waals surface area contributed by atoms with E-state index in [1.807, 2.05) is 6.07 Å². The van der Waals surface area contributed by atoms with Crippen molar-refractivity contribution in [2.45, 2.75) is 6.42 Å². The third-order valence-corrected chi connectivity index (χ3v) is 4.05. The molecule has 1 aliphatic rings. The molecule has 1 N–H and O–H groups in total. The highest BCUT2D eigenvalue weighted by molar-refractivity contribution is 8.14. The standard InChI is InChI=1S/C16H16N2S/c1-2-7-13(8-3-1)14-9-4-5-10-15(14)18-16-17-11-6-12-19-16/h1-5,7-10H,6,11-12H2,(H,17,18). The van der Waals surface area contributed by atoms with Crippen LogP contribution in [0.25, 0.3) is 11.1 Å². The summed E-state index contributed by atoms with van der Waals surface area (Å²) in [5.41, 5.74) is 3.57. The van der Waals surface area contributed by atoms with Crippen LogP contribution >= 0.6 is 11.8 Å². The first kappa shape index (κ1) is 12.3. The van der Waals surface area contributed by atoms with Crippen LogP contribution in [0.2, 0.25) is 0 Å². The minimum atomic E-state index is 0.933. The average Bonchev–Trinajstić information content (AvgIpc) is 2.50. The molecule has 1 aliphatic heterocycles. The van der Waals surface area contributed by atoms with E-state index in [1.165, 1.54) is 17.5 Å². The summed E-state index contributed by atoms with van der Waals surface area (Å²) >= 11 is 1.80. The predicted molar refractivity (Wildman–Crippen MR) is 84.9 cm³/mol. The predicted octanol–water partition coefficient (Wildman–Crippen LogP) is 4.26. The largest absolute Gasteiger partial charge is 0.334 e. The first-order valence-electron chi connectivity index (χ1n) is 6.52. The summed E-state index contributed by atoms with van der Waals surface area (Å²) in [6.07, 6.45) is 1.18. The number of rotatable bonds is 2. The number of nitrogens with one attached hydrogen (secondary N) is 1. The van der Waals surface area contributed by atoms with Crippen molar-refractivity contribution in [1.29, 1.82) is 0 Å². The fourth-order valence-electron chi connectivity index (χ4n) is 2.11. The maximum atomic E-state index is 4.53. The molecular weight excluding hydrogens is 252 g/mol. The lowest BCUT2D eigenvalue weighted by Gasteiger charge is -2.16. The minimum Gasteiger partial charge on any atom is -0.334 e. The Balaban J connectivity index is 1.91. The zero-order valence-corrected chi connectivity index (χ0v) is 11.5. The molecule has 3 heteroatoms. The Morgan fingerprint density at radius 1 is 0.947 bits per heavy atom. The van der Waals surface area contributed by atoms with Crippen LogP contribution in [0, 0.1) is 0 Å². The highest BCUT2D eigenvalue weighted by Gasteiger charge is 2.09. The summed E-state index contributed by atoms with van der Waals surface area (Å²) < 4.78 is 0. The van der Waals surface area contributed by atoms with Crippen LogP contribution in [0.4, 0.5) is 5.69 Å². The molecule has 0 saturated carbocycles. The quantitative estimate of drug-likeness (QED) is 0.880. The van der Waals surface area contributed by atoms with Crippen LogP contribution in [0.3, 0.4) is 0 Å². The maximum Gasteiger partial charge on any atom is 0.161 e. The van der Waals surface area contributed by atoms with Gasteiger partial charge >= 0.3 is 0 Å². The number of aliphatic imine (C=N–C) groups is 1. The maximum absolute atomic E-state index is 4.53. The number of anilines is 1. The topological polar surface area (TPSA) is 24.4 Å². The van der Waals surface area contributed by atoms with Crippen LogP contribution in [0.15, 0.2) is 59.6 Å². The Morgan fingerprint density at radius 3 is 2.53 bits per heavy atom. The molecule has 0 amide bonds. The van der Waals surface area contributed by atoms with E-state index in [0.717, 1.165) is 23.2 Å². The SMILES string of the molecule is c1ccc(-c2ccccc2NC2=NCCCS2)cc1. The van der Waals surface area contributed by atoms with E-state index in [4.69, 9.17) is 0 Å². The van der Waals surface area contributed by atoms with Gasteiger partial charge in [0.05, 0.1) is 0 Å². The van der Waals surface area contributed by atoms with Gasteiger partial charge in [0, 0.05) is 23.5 Å². The normalized spacial score (nSPS) is 14.8. The molecule has 0 fully saturated rings. The molecule has 0 bridgehead atoms. The summed E-state index contributed by atoms with van der Waals surface area (Å²) in [5.74, 6) is 1.15. The zero-order valence-electron chi connectivity index (χ0n) is 10.7. The Hall–Kier alpha value is -1.74. The number of thioether (sulfide) groups is 1. The molecule has 96 valence electrons. The molecule has 0 aromatic heterocycles. The lowest BCUT2D eigenvalue weighted by molar-refractivity contribution is 0.938. The molecule has 0 spiro atoms. The summed E-state index contributed by atoms with van der Waals surface area (Å²) in [4.78, 5) is 4.53. The van der Waals surface area contributed by atoms with E-state index >= 15 is 0 Å². The first-order valence-corrected chi connectivity index (χ1v) is 7.51. The zero-order chi connectivity index (χ0) is 12.9. The van der Waals surface area contributed by atoms with Gasteiger partial charge in [-0.15, -0.1) is 0 Å². The number of hydrogen-bond acceptors (Lipinski definition) is 3. The van der Waals surface area contributed by atoms with Gasteiger partial charge in [0.25, 0.3) is 0 Å². The van der Waals surface area contributed by atoms with Gasteiger partial charge in [0.15, 0.2) is 5.17 Å². The van der Waals surface area contributed by atoms with E-state index in [0.29, 0.717) is 0 Å². The molecule has 19 heavy (non-hydrogen) atoms. The van der Waals surface area contributed by atoms with E-state index in [1.54, 1.807) is 11.8 Å². The van der Waals surface area contributed by atoms with Gasteiger partial charge in [-0.3, -0.25) is 4.99 Å². The molecule has 0 radical (unpaired) electrons. The summed E-state index contributed by atoms with van der Waals surface area (Å²) in [6.45, 7) is 0.933. The second-order valence-corrected chi connectivity index (χ2v) is 5.51. The molecule has 2 nitrogen and oxygen atoms in total. The van der Waals surface area contributed by atoms with Gasteiger partial charge in [-0.05, 0) is 18.1 Å². The first-order chi connectivity index (χ1) is 9.43. The molecular formula is C16H16N2S. The van der Waals surface area contributed by atoms with Crippen molar-refractivity contribution in [2.75, 3.05) is 17.6 Å². The summed E-state index contributed by atoms with van der Waals surface area (Å²) in [7, 11) is 0. The lowest BCUT2D eigenvalue weighted by Crippen LogP contribution is -2.13. The molecule has 0 aliphatic carbocycles. The second-order valence-electron chi connectivity index (χ2n) is 4.43. The van der Waals surface area contributed by atoms with Crippen molar-refractivity contribution in [2.24, 2.45) is 4.99 Å². The second kappa shape index (κ2) is 5.93. The van der Waals surface area contributed by atoms with E-state index < -0.39 is 0 Å². The van der Waals surface area contributed by atoms with E-state index in [2.05, 4.69) is 58.8 Å². The van der Waals surface area contributed by atoms with Gasteiger partial charge in [-0.2, -0.15) is 0 Å². The molecule has 0 saturated heterocycles. The van der Waals surface area contributed by atoms with E-state index in [-0.39, 0.29) is 0 Å². The van der Waals surface area contributed by atoms with Gasteiger partial charge in [-0.25, -0.2) is 0 Å². The highest BCUT2D eigenvalue weighted by atomic mass is 32.2. The Labute approximate surface area is 118 Å². The molecule has 2 aromatic rings. The monoisotopic (exact) mass is 268 g/mol. The molecule has 2 aromatic carbocycles. The molecule has 3 rings (SSSR count). The summed E-state index contributed by atoms with van der Waals surface area (Å²) in [5, 5.41) is 4.50. The van der Waals surface area contributed by atoms with Crippen LogP contribution < -0.4 is 5.32 Å². The van der Waals surface area contributed by atoms with Crippen molar-refractivity contribution in [3.8, 4) is 11.1 Å². The molecule has 0 atom stereocenters. The number of amidine groups is 1. The summed E-state index contributed by atoms with van der Waals surface area (Å²) in [6, 6.07) is 18.8. The van der Waals surface area contributed by atoms with E-state index in [9.17, 15) is 0 Å². The van der Waals surface area contributed by atoms with Crippen molar-refractivity contribution in [3.05, 3.63) is 54.6 Å².